The third-order valence-electron chi connectivity index (χ3n) is 2.46. The largest absolute Gasteiger partial charge is 0.367 e. The molecule has 1 unspecified atom stereocenters. The van der Waals surface area contributed by atoms with Gasteiger partial charge < -0.3 is 5.32 Å². The Hall–Kier alpha value is -0.870. The molecule has 2 heterocycles. The highest BCUT2D eigenvalue weighted by molar-refractivity contribution is 7.17. The van der Waals surface area contributed by atoms with Crippen molar-refractivity contribution in [2.24, 2.45) is 5.92 Å². The lowest BCUT2D eigenvalue weighted by Crippen LogP contribution is -2.16. The van der Waals surface area contributed by atoms with Crippen LogP contribution in [-0.2, 0) is 0 Å². The summed E-state index contributed by atoms with van der Waals surface area (Å²) < 4.78 is 1.10. The van der Waals surface area contributed by atoms with Crippen molar-refractivity contribution in [2.45, 2.75) is 25.6 Å². The van der Waals surface area contributed by atoms with E-state index in [9.17, 15) is 0 Å². The summed E-state index contributed by atoms with van der Waals surface area (Å²) in [7, 11) is 0. The minimum absolute atomic E-state index is 0.139. The molecule has 0 aliphatic carbocycles. The van der Waals surface area contributed by atoms with E-state index in [1.807, 2.05) is 11.4 Å². The second kappa shape index (κ2) is 5.65. The summed E-state index contributed by atoms with van der Waals surface area (Å²) in [5, 5.41) is 5.47. The maximum Gasteiger partial charge on any atom is 0.147 e. The van der Waals surface area contributed by atoms with Crippen LogP contribution in [0.5, 0.6) is 0 Å². The molecular weight excluding hydrogens is 254 g/mol. The number of fused-ring (bicyclic) bond motifs is 1. The van der Waals surface area contributed by atoms with Crippen molar-refractivity contribution < 1.29 is 0 Å². The van der Waals surface area contributed by atoms with Gasteiger partial charge in [0.15, 0.2) is 0 Å². The molecule has 92 valence electrons. The van der Waals surface area contributed by atoms with E-state index in [0.717, 1.165) is 29.0 Å². The number of nitrogens with one attached hydrogen (secondary N) is 1. The van der Waals surface area contributed by atoms with Gasteiger partial charge in [0.1, 0.15) is 12.1 Å². The smallest absolute Gasteiger partial charge is 0.147 e. The molecule has 0 aromatic carbocycles. The Morgan fingerprint density at radius 1 is 1.41 bits per heavy atom. The number of rotatable bonds is 5. The average Bonchev–Trinajstić information content (AvgIpc) is 2.73. The van der Waals surface area contributed by atoms with E-state index in [4.69, 9.17) is 11.6 Å². The molecule has 0 saturated carbocycles. The number of aromatic nitrogens is 2. The highest BCUT2D eigenvalue weighted by Crippen LogP contribution is 2.25. The number of hydrogen-bond acceptors (Lipinski definition) is 4. The lowest BCUT2D eigenvalue weighted by molar-refractivity contribution is 0.572. The summed E-state index contributed by atoms with van der Waals surface area (Å²) in [6.45, 7) is 5.10. The van der Waals surface area contributed by atoms with E-state index in [2.05, 4.69) is 29.1 Å². The molecule has 2 rings (SSSR count). The van der Waals surface area contributed by atoms with Crippen LogP contribution in [-0.4, -0.2) is 21.9 Å². The molecule has 0 bridgehead atoms. The Balaban J connectivity index is 2.01. The number of hydrogen-bond donors (Lipinski definition) is 1. The zero-order valence-electron chi connectivity index (χ0n) is 9.98. The van der Waals surface area contributed by atoms with E-state index >= 15 is 0 Å². The zero-order valence-corrected chi connectivity index (χ0v) is 11.6. The van der Waals surface area contributed by atoms with Crippen LogP contribution in [0.15, 0.2) is 17.8 Å². The molecule has 5 heteroatoms. The number of thiophene rings is 1. The lowest BCUT2D eigenvalue weighted by Gasteiger charge is -2.13. The third kappa shape index (κ3) is 3.30. The molecular formula is C12H16ClN3S. The van der Waals surface area contributed by atoms with Crippen LogP contribution in [0.3, 0.4) is 0 Å². The number of anilines is 1. The molecule has 0 aliphatic heterocycles. The molecule has 17 heavy (non-hydrogen) atoms. The van der Waals surface area contributed by atoms with Gasteiger partial charge in [0, 0.05) is 6.54 Å². The van der Waals surface area contributed by atoms with Gasteiger partial charge in [-0.05, 0) is 23.8 Å². The number of alkyl halides is 1. The highest BCUT2D eigenvalue weighted by atomic mass is 35.5. The van der Waals surface area contributed by atoms with Gasteiger partial charge in [0.2, 0.25) is 0 Å². The van der Waals surface area contributed by atoms with Gasteiger partial charge in [-0.2, -0.15) is 0 Å². The summed E-state index contributed by atoms with van der Waals surface area (Å²) in [5.41, 5.74) is 0.988. The standard InChI is InChI=1S/C12H16ClN3S/c1-8(2)5-9(13)6-14-12-11-10(3-4-17-11)15-7-16-12/h3-4,7-9H,5-6H2,1-2H3,(H,14,15,16). The topological polar surface area (TPSA) is 37.8 Å². The monoisotopic (exact) mass is 269 g/mol. The molecule has 3 nitrogen and oxygen atoms in total. The SMILES string of the molecule is CC(C)CC(Cl)CNc1ncnc2ccsc12. The lowest BCUT2D eigenvalue weighted by atomic mass is 10.1. The van der Waals surface area contributed by atoms with Crippen LogP contribution in [0.25, 0.3) is 10.2 Å². The van der Waals surface area contributed by atoms with Gasteiger partial charge >= 0.3 is 0 Å². The molecule has 0 aliphatic rings. The third-order valence-corrected chi connectivity index (χ3v) is 3.70. The average molecular weight is 270 g/mol. The Labute approximate surface area is 110 Å². The predicted molar refractivity (Wildman–Crippen MR) is 75.0 cm³/mol. The van der Waals surface area contributed by atoms with Gasteiger partial charge in [-0.1, -0.05) is 13.8 Å². The summed E-state index contributed by atoms with van der Waals surface area (Å²) in [6, 6.07) is 2.00. The summed E-state index contributed by atoms with van der Waals surface area (Å²) in [4.78, 5) is 8.46. The van der Waals surface area contributed by atoms with Crippen molar-refractivity contribution in [2.75, 3.05) is 11.9 Å². The van der Waals surface area contributed by atoms with Crippen molar-refractivity contribution in [3.63, 3.8) is 0 Å². The molecule has 0 saturated heterocycles. The fraction of sp³-hybridized carbons (Fsp3) is 0.500. The van der Waals surface area contributed by atoms with E-state index < -0.39 is 0 Å². The van der Waals surface area contributed by atoms with Gasteiger partial charge in [-0.25, -0.2) is 9.97 Å². The second-order valence-corrected chi connectivity index (χ2v) is 6.00. The molecule has 0 amide bonds. The maximum atomic E-state index is 6.25. The number of halogens is 1. The Morgan fingerprint density at radius 3 is 3.00 bits per heavy atom. The van der Waals surface area contributed by atoms with E-state index in [0.29, 0.717) is 5.92 Å². The van der Waals surface area contributed by atoms with Crippen molar-refractivity contribution in [1.82, 2.24) is 9.97 Å². The van der Waals surface area contributed by atoms with Crippen LogP contribution in [0.4, 0.5) is 5.82 Å². The van der Waals surface area contributed by atoms with Crippen LogP contribution < -0.4 is 5.32 Å². The van der Waals surface area contributed by atoms with Gasteiger partial charge in [0.05, 0.1) is 15.6 Å². The first-order valence-corrected chi connectivity index (χ1v) is 7.04. The molecule has 0 spiro atoms. The van der Waals surface area contributed by atoms with Gasteiger partial charge in [-0.3, -0.25) is 0 Å². The first kappa shape index (κ1) is 12.6. The van der Waals surface area contributed by atoms with Gasteiger partial charge in [-0.15, -0.1) is 22.9 Å². The van der Waals surface area contributed by atoms with Crippen LogP contribution in [0, 0.1) is 5.92 Å². The van der Waals surface area contributed by atoms with Crippen LogP contribution in [0.2, 0.25) is 0 Å². The molecule has 1 atom stereocenters. The Bertz CT molecular complexity index is 483. The minimum Gasteiger partial charge on any atom is -0.367 e. The minimum atomic E-state index is 0.139. The van der Waals surface area contributed by atoms with E-state index in [-0.39, 0.29) is 5.38 Å². The Morgan fingerprint density at radius 2 is 2.24 bits per heavy atom. The molecule has 1 N–H and O–H groups in total. The first-order valence-electron chi connectivity index (χ1n) is 5.73. The van der Waals surface area contributed by atoms with Crippen molar-refractivity contribution in [3.05, 3.63) is 17.8 Å². The summed E-state index contributed by atoms with van der Waals surface area (Å²) in [5.74, 6) is 1.51. The maximum absolute atomic E-state index is 6.25. The molecule has 2 aromatic rings. The van der Waals surface area contributed by atoms with E-state index in [1.165, 1.54) is 0 Å². The summed E-state index contributed by atoms with van der Waals surface area (Å²) >= 11 is 7.90. The van der Waals surface area contributed by atoms with Crippen molar-refractivity contribution in [3.8, 4) is 0 Å². The van der Waals surface area contributed by atoms with Gasteiger partial charge in [0.25, 0.3) is 0 Å². The van der Waals surface area contributed by atoms with Crippen LogP contribution >= 0.6 is 22.9 Å². The summed E-state index contributed by atoms with van der Waals surface area (Å²) in [6.07, 6.45) is 2.59. The van der Waals surface area contributed by atoms with Crippen LogP contribution in [0.1, 0.15) is 20.3 Å². The number of nitrogens with zero attached hydrogens (tertiary/aromatic N) is 2. The fourth-order valence-corrected chi connectivity index (χ4v) is 2.96. The second-order valence-electron chi connectivity index (χ2n) is 4.46. The van der Waals surface area contributed by atoms with Crippen molar-refractivity contribution >= 4 is 39.0 Å². The molecule has 0 radical (unpaired) electrons. The fourth-order valence-electron chi connectivity index (χ4n) is 1.72. The molecule has 0 fully saturated rings. The quantitative estimate of drug-likeness (QED) is 0.840. The predicted octanol–water partition coefficient (Wildman–Crippen LogP) is 3.76. The first-order chi connectivity index (χ1) is 8.16. The van der Waals surface area contributed by atoms with Crippen molar-refractivity contribution in [1.29, 1.82) is 0 Å². The Kier molecular flexibility index (Phi) is 4.18. The normalized spacial score (nSPS) is 13.2. The zero-order chi connectivity index (χ0) is 12.3. The highest BCUT2D eigenvalue weighted by Gasteiger charge is 2.09. The molecule has 2 aromatic heterocycles. The van der Waals surface area contributed by atoms with E-state index in [1.54, 1.807) is 17.7 Å².